The van der Waals surface area contributed by atoms with Crippen molar-refractivity contribution in [1.82, 2.24) is 4.72 Å². The fourth-order valence-corrected chi connectivity index (χ4v) is 3.53. The maximum atomic E-state index is 12.4. The van der Waals surface area contributed by atoms with Crippen molar-refractivity contribution in [2.24, 2.45) is 0 Å². The highest BCUT2D eigenvalue weighted by molar-refractivity contribution is 7.89. The predicted molar refractivity (Wildman–Crippen MR) is 81.5 cm³/mol. The lowest BCUT2D eigenvalue weighted by Gasteiger charge is -2.09. The number of sulfonamides is 1. The molecule has 108 valence electrons. The molecule has 0 bridgehead atoms. The van der Waals surface area contributed by atoms with Crippen LogP contribution in [0.15, 0.2) is 70.4 Å². The van der Waals surface area contributed by atoms with Gasteiger partial charge in [0.2, 0.25) is 10.0 Å². The van der Waals surface area contributed by atoms with Gasteiger partial charge in [-0.3, -0.25) is 0 Å². The van der Waals surface area contributed by atoms with Gasteiger partial charge in [0.1, 0.15) is 0 Å². The van der Waals surface area contributed by atoms with E-state index in [0.717, 1.165) is 16.3 Å². The Bertz CT molecular complexity index is 834. The molecule has 0 saturated heterocycles. The van der Waals surface area contributed by atoms with Crippen molar-refractivity contribution in [3.63, 3.8) is 0 Å². The second-order valence-corrected chi connectivity index (χ2v) is 6.49. The SMILES string of the molecule is O=S(=O)(NCCc1ccoc1)c1cccc2ccccc12. The fraction of sp³-hybridized carbons (Fsp3) is 0.125. The van der Waals surface area contributed by atoms with E-state index < -0.39 is 10.0 Å². The summed E-state index contributed by atoms with van der Waals surface area (Å²) in [5.74, 6) is 0. The van der Waals surface area contributed by atoms with E-state index in [-0.39, 0.29) is 0 Å². The summed E-state index contributed by atoms with van der Waals surface area (Å²) in [6.07, 6.45) is 3.79. The summed E-state index contributed by atoms with van der Waals surface area (Å²) in [5.41, 5.74) is 0.968. The van der Waals surface area contributed by atoms with Gasteiger partial charge in [0.25, 0.3) is 0 Å². The topological polar surface area (TPSA) is 59.3 Å². The van der Waals surface area contributed by atoms with Crippen LogP contribution in [0, 0.1) is 0 Å². The van der Waals surface area contributed by atoms with E-state index in [2.05, 4.69) is 4.72 Å². The van der Waals surface area contributed by atoms with Crippen molar-refractivity contribution in [2.75, 3.05) is 6.54 Å². The first-order valence-electron chi connectivity index (χ1n) is 6.65. The van der Waals surface area contributed by atoms with Gasteiger partial charge >= 0.3 is 0 Å². The molecule has 0 amide bonds. The molecule has 0 aliphatic carbocycles. The van der Waals surface area contributed by atoms with Crippen LogP contribution in [0.1, 0.15) is 5.56 Å². The van der Waals surface area contributed by atoms with Crippen molar-refractivity contribution in [3.05, 3.63) is 66.6 Å². The van der Waals surface area contributed by atoms with Gasteiger partial charge in [-0.15, -0.1) is 0 Å². The molecule has 2 aromatic carbocycles. The van der Waals surface area contributed by atoms with Gasteiger partial charge in [-0.1, -0.05) is 36.4 Å². The number of furan rings is 1. The maximum Gasteiger partial charge on any atom is 0.241 e. The van der Waals surface area contributed by atoms with Crippen LogP contribution in [-0.2, 0) is 16.4 Å². The number of benzene rings is 2. The molecule has 3 rings (SSSR count). The Hall–Kier alpha value is -2.11. The van der Waals surface area contributed by atoms with Crippen LogP contribution in [0.2, 0.25) is 0 Å². The summed E-state index contributed by atoms with van der Waals surface area (Å²) in [6, 6.07) is 14.6. The first-order valence-corrected chi connectivity index (χ1v) is 8.14. The summed E-state index contributed by atoms with van der Waals surface area (Å²) >= 11 is 0. The Morgan fingerprint density at radius 1 is 1.00 bits per heavy atom. The van der Waals surface area contributed by atoms with Gasteiger partial charge in [0, 0.05) is 11.9 Å². The smallest absolute Gasteiger partial charge is 0.241 e. The third-order valence-electron chi connectivity index (χ3n) is 3.33. The van der Waals surface area contributed by atoms with Crippen LogP contribution in [0.25, 0.3) is 10.8 Å². The first-order chi connectivity index (χ1) is 10.2. The summed E-state index contributed by atoms with van der Waals surface area (Å²) in [5, 5.41) is 1.64. The van der Waals surface area contributed by atoms with Gasteiger partial charge in [-0.05, 0) is 29.5 Å². The summed E-state index contributed by atoms with van der Waals surface area (Å²) in [4.78, 5) is 0.313. The molecule has 0 saturated carbocycles. The van der Waals surface area contributed by atoms with E-state index in [1.807, 2.05) is 36.4 Å². The highest BCUT2D eigenvalue weighted by Gasteiger charge is 2.16. The summed E-state index contributed by atoms with van der Waals surface area (Å²) in [7, 11) is -3.52. The molecule has 0 aliphatic rings. The van der Waals surface area contributed by atoms with Gasteiger partial charge in [-0.25, -0.2) is 13.1 Å². The van der Waals surface area contributed by atoms with Crippen molar-refractivity contribution in [3.8, 4) is 0 Å². The minimum atomic E-state index is -3.52. The number of rotatable bonds is 5. The molecule has 5 heteroatoms. The number of hydrogen-bond donors (Lipinski definition) is 1. The van der Waals surface area contributed by atoms with E-state index >= 15 is 0 Å². The normalized spacial score (nSPS) is 11.8. The standard InChI is InChI=1S/C16H15NO3S/c18-21(19,17-10-8-13-9-11-20-12-13)16-7-3-5-14-4-1-2-6-15(14)16/h1-7,9,11-12,17H,8,10H2. The second kappa shape index (κ2) is 5.71. The van der Waals surface area contributed by atoms with Crippen LogP contribution in [0.3, 0.4) is 0 Å². The number of hydrogen-bond acceptors (Lipinski definition) is 3. The lowest BCUT2D eigenvalue weighted by Crippen LogP contribution is -2.26. The molecule has 0 radical (unpaired) electrons. The number of nitrogens with one attached hydrogen (secondary N) is 1. The predicted octanol–water partition coefficient (Wildman–Crippen LogP) is 2.95. The maximum absolute atomic E-state index is 12.4. The molecular weight excluding hydrogens is 286 g/mol. The molecule has 0 aliphatic heterocycles. The molecule has 0 spiro atoms. The molecule has 1 heterocycles. The van der Waals surface area contributed by atoms with Crippen LogP contribution in [0.4, 0.5) is 0 Å². The molecule has 0 atom stereocenters. The third-order valence-corrected chi connectivity index (χ3v) is 4.84. The molecule has 0 fully saturated rings. The monoisotopic (exact) mass is 301 g/mol. The third kappa shape index (κ3) is 2.99. The van der Waals surface area contributed by atoms with Crippen molar-refractivity contribution < 1.29 is 12.8 Å². The number of fused-ring (bicyclic) bond motifs is 1. The molecule has 4 nitrogen and oxygen atoms in total. The second-order valence-electron chi connectivity index (χ2n) is 4.76. The van der Waals surface area contributed by atoms with E-state index in [4.69, 9.17) is 4.42 Å². The van der Waals surface area contributed by atoms with Crippen molar-refractivity contribution >= 4 is 20.8 Å². The summed E-state index contributed by atoms with van der Waals surface area (Å²) < 4.78 is 32.5. The highest BCUT2D eigenvalue weighted by atomic mass is 32.2. The minimum Gasteiger partial charge on any atom is -0.472 e. The van der Waals surface area contributed by atoms with Crippen LogP contribution in [-0.4, -0.2) is 15.0 Å². The van der Waals surface area contributed by atoms with Crippen molar-refractivity contribution in [2.45, 2.75) is 11.3 Å². The first kappa shape index (κ1) is 13.9. The lowest BCUT2D eigenvalue weighted by atomic mass is 10.1. The average Bonchev–Trinajstić information content (AvgIpc) is 3.00. The molecule has 0 unspecified atom stereocenters. The Balaban J connectivity index is 1.83. The zero-order valence-corrected chi connectivity index (χ0v) is 12.1. The van der Waals surface area contributed by atoms with Crippen LogP contribution < -0.4 is 4.72 Å². The van der Waals surface area contributed by atoms with Gasteiger partial charge in [0.15, 0.2) is 0 Å². The van der Waals surface area contributed by atoms with E-state index in [0.29, 0.717) is 17.9 Å². The molecule has 1 aromatic heterocycles. The molecular formula is C16H15NO3S. The van der Waals surface area contributed by atoms with Gasteiger partial charge in [0.05, 0.1) is 17.4 Å². The van der Waals surface area contributed by atoms with Crippen LogP contribution >= 0.6 is 0 Å². The largest absolute Gasteiger partial charge is 0.472 e. The average molecular weight is 301 g/mol. The Kier molecular flexibility index (Phi) is 3.77. The van der Waals surface area contributed by atoms with Gasteiger partial charge < -0.3 is 4.42 Å². The Morgan fingerprint density at radius 3 is 2.62 bits per heavy atom. The van der Waals surface area contributed by atoms with Crippen molar-refractivity contribution in [1.29, 1.82) is 0 Å². The zero-order valence-electron chi connectivity index (χ0n) is 11.3. The van der Waals surface area contributed by atoms with Crippen LogP contribution in [0.5, 0.6) is 0 Å². The molecule has 21 heavy (non-hydrogen) atoms. The molecule has 1 N–H and O–H groups in total. The Labute approximate surface area is 123 Å². The quantitative estimate of drug-likeness (QED) is 0.788. The van der Waals surface area contributed by atoms with E-state index in [1.165, 1.54) is 0 Å². The highest BCUT2D eigenvalue weighted by Crippen LogP contribution is 2.22. The van der Waals surface area contributed by atoms with Gasteiger partial charge in [-0.2, -0.15) is 0 Å². The fourth-order valence-electron chi connectivity index (χ4n) is 2.27. The lowest BCUT2D eigenvalue weighted by molar-refractivity contribution is 0.562. The Morgan fingerprint density at radius 2 is 1.81 bits per heavy atom. The van der Waals surface area contributed by atoms with E-state index in [1.54, 1.807) is 24.7 Å². The molecule has 3 aromatic rings. The zero-order chi connectivity index (χ0) is 14.7. The minimum absolute atomic E-state index is 0.313. The van der Waals surface area contributed by atoms with E-state index in [9.17, 15) is 8.42 Å². The summed E-state index contributed by atoms with van der Waals surface area (Å²) in [6.45, 7) is 0.338.